The highest BCUT2D eigenvalue weighted by atomic mass is 19.1. The van der Waals surface area contributed by atoms with E-state index in [0.29, 0.717) is 5.56 Å². The zero-order chi connectivity index (χ0) is 16.1. The molecule has 2 aliphatic rings. The molecule has 0 nitrogen and oxygen atoms in total. The number of benzene rings is 1. The lowest BCUT2D eigenvalue weighted by Crippen LogP contribution is -2.28. The number of halogens is 2. The summed E-state index contributed by atoms with van der Waals surface area (Å²) in [4.78, 5) is 0. The highest BCUT2D eigenvalue weighted by Crippen LogP contribution is 2.42. The van der Waals surface area contributed by atoms with Crippen molar-refractivity contribution in [1.82, 2.24) is 0 Å². The van der Waals surface area contributed by atoms with Crippen molar-refractivity contribution in [3.05, 3.63) is 35.4 Å². The van der Waals surface area contributed by atoms with Crippen LogP contribution in [0.15, 0.2) is 18.2 Å². The Bertz CT molecular complexity index is 467. The van der Waals surface area contributed by atoms with E-state index < -0.39 is 5.82 Å². The van der Waals surface area contributed by atoms with Gasteiger partial charge in [0.25, 0.3) is 0 Å². The van der Waals surface area contributed by atoms with Crippen LogP contribution >= 0.6 is 0 Å². The summed E-state index contributed by atoms with van der Waals surface area (Å²) in [5.74, 6) is 1.60. The molecule has 0 aromatic heterocycles. The van der Waals surface area contributed by atoms with Gasteiger partial charge in [0.15, 0.2) is 0 Å². The number of rotatable bonds is 5. The summed E-state index contributed by atoms with van der Waals surface area (Å²) in [7, 11) is 0. The van der Waals surface area contributed by atoms with Gasteiger partial charge in [-0.3, -0.25) is 0 Å². The predicted molar refractivity (Wildman–Crippen MR) is 91.3 cm³/mol. The zero-order valence-corrected chi connectivity index (χ0v) is 14.2. The van der Waals surface area contributed by atoms with Gasteiger partial charge >= 0.3 is 0 Å². The van der Waals surface area contributed by atoms with Crippen LogP contribution in [0.25, 0.3) is 0 Å². The molecule has 1 aromatic rings. The molecule has 0 spiro atoms. The summed E-state index contributed by atoms with van der Waals surface area (Å²) in [6, 6.07) is 4.07. The first kappa shape index (κ1) is 16.9. The molecule has 0 radical (unpaired) electrons. The van der Waals surface area contributed by atoms with E-state index in [1.54, 1.807) is 6.07 Å². The Labute approximate surface area is 139 Å². The van der Waals surface area contributed by atoms with Gasteiger partial charge in [0.1, 0.15) is 11.6 Å². The molecular weight excluding hydrogens is 290 g/mol. The maximum Gasteiger partial charge on any atom is 0.129 e. The molecule has 2 fully saturated rings. The van der Waals surface area contributed by atoms with Crippen LogP contribution in [-0.4, -0.2) is 0 Å². The smallest absolute Gasteiger partial charge is 0.129 e. The van der Waals surface area contributed by atoms with Crippen LogP contribution in [0.5, 0.6) is 0 Å². The average Bonchev–Trinajstić information content (AvgIpc) is 2.59. The van der Waals surface area contributed by atoms with Gasteiger partial charge in [0, 0.05) is 6.07 Å². The minimum atomic E-state index is -0.470. The number of hydrogen-bond acceptors (Lipinski definition) is 0. The summed E-state index contributed by atoms with van der Waals surface area (Å²) in [6.45, 7) is 0. The molecule has 0 unspecified atom stereocenters. The monoisotopic (exact) mass is 320 g/mol. The fourth-order valence-corrected chi connectivity index (χ4v) is 5.03. The minimum absolute atomic E-state index is 0.365. The zero-order valence-electron chi connectivity index (χ0n) is 14.2. The van der Waals surface area contributed by atoms with Crippen LogP contribution < -0.4 is 0 Å². The first-order valence-electron chi connectivity index (χ1n) is 9.68. The molecule has 0 amide bonds. The maximum atomic E-state index is 13.9. The molecule has 128 valence electrons. The van der Waals surface area contributed by atoms with Crippen LogP contribution in [0.2, 0.25) is 0 Å². The Hall–Kier alpha value is -0.920. The number of hydrogen-bond donors (Lipinski definition) is 0. The lowest BCUT2D eigenvalue weighted by Gasteiger charge is -2.38. The van der Waals surface area contributed by atoms with E-state index in [-0.39, 0.29) is 5.82 Å². The minimum Gasteiger partial charge on any atom is -0.207 e. The Kier molecular flexibility index (Phi) is 6.08. The van der Waals surface area contributed by atoms with Crippen molar-refractivity contribution in [2.24, 2.45) is 17.8 Å². The summed E-state index contributed by atoms with van der Waals surface area (Å²) in [6.07, 6.45) is 15.6. The Balaban J connectivity index is 1.66. The maximum absolute atomic E-state index is 13.9. The first-order valence-corrected chi connectivity index (χ1v) is 9.68. The van der Waals surface area contributed by atoms with Gasteiger partial charge in [-0.05, 0) is 42.2 Å². The molecule has 0 heterocycles. The molecule has 2 heteroatoms. The van der Waals surface area contributed by atoms with Crippen molar-refractivity contribution in [3.63, 3.8) is 0 Å². The third-order valence-electron chi connectivity index (χ3n) is 6.27. The lowest BCUT2D eigenvalue weighted by atomic mass is 9.68. The van der Waals surface area contributed by atoms with E-state index in [2.05, 4.69) is 0 Å². The van der Waals surface area contributed by atoms with Gasteiger partial charge in [-0.15, -0.1) is 0 Å². The molecule has 0 bridgehead atoms. The third kappa shape index (κ3) is 4.55. The van der Waals surface area contributed by atoms with E-state index in [9.17, 15) is 8.78 Å². The molecule has 0 N–H and O–H groups in total. The lowest BCUT2D eigenvalue weighted by molar-refractivity contribution is 0.135. The Morgan fingerprint density at radius 3 is 1.91 bits per heavy atom. The van der Waals surface area contributed by atoms with Crippen molar-refractivity contribution in [2.75, 3.05) is 0 Å². The quantitative estimate of drug-likeness (QED) is 0.568. The Morgan fingerprint density at radius 2 is 1.39 bits per heavy atom. The molecular formula is C21H30F2. The van der Waals surface area contributed by atoms with Gasteiger partial charge < -0.3 is 0 Å². The van der Waals surface area contributed by atoms with Crippen LogP contribution in [0, 0.1) is 29.4 Å². The second kappa shape index (κ2) is 8.26. The number of aryl methyl sites for hydroxylation is 1. The molecule has 0 aliphatic heterocycles. The summed E-state index contributed by atoms with van der Waals surface area (Å²) >= 11 is 0. The highest BCUT2D eigenvalue weighted by molar-refractivity contribution is 5.18. The van der Waals surface area contributed by atoms with Gasteiger partial charge in [-0.25, -0.2) is 8.78 Å². The third-order valence-corrected chi connectivity index (χ3v) is 6.27. The van der Waals surface area contributed by atoms with E-state index in [1.165, 1.54) is 70.3 Å². The van der Waals surface area contributed by atoms with E-state index in [1.807, 2.05) is 0 Å². The summed E-state index contributed by atoms with van der Waals surface area (Å²) in [5, 5.41) is 0. The molecule has 23 heavy (non-hydrogen) atoms. The average molecular weight is 320 g/mol. The van der Waals surface area contributed by atoms with Gasteiger partial charge in [-0.1, -0.05) is 70.3 Å². The largest absolute Gasteiger partial charge is 0.207 e. The summed E-state index contributed by atoms with van der Waals surface area (Å²) < 4.78 is 27.0. The van der Waals surface area contributed by atoms with Gasteiger partial charge in [-0.2, -0.15) is 0 Å². The molecule has 3 rings (SSSR count). The van der Waals surface area contributed by atoms with Gasteiger partial charge in [0.05, 0.1) is 0 Å². The van der Waals surface area contributed by atoms with Crippen LogP contribution in [0.4, 0.5) is 8.78 Å². The van der Waals surface area contributed by atoms with E-state index in [0.717, 1.165) is 36.7 Å². The SMILES string of the molecule is Fc1ccc(CCC(C2CCCCC2)C2CCCCC2)c(F)c1. The fourth-order valence-electron chi connectivity index (χ4n) is 5.03. The van der Waals surface area contributed by atoms with Crippen molar-refractivity contribution < 1.29 is 8.78 Å². The topological polar surface area (TPSA) is 0 Å². The Morgan fingerprint density at radius 1 is 0.826 bits per heavy atom. The molecule has 1 aromatic carbocycles. The van der Waals surface area contributed by atoms with Crippen molar-refractivity contribution in [2.45, 2.75) is 77.0 Å². The molecule has 2 saturated carbocycles. The van der Waals surface area contributed by atoms with E-state index >= 15 is 0 Å². The fraction of sp³-hybridized carbons (Fsp3) is 0.714. The standard InChI is InChI=1S/C21H30F2/c22-19-13-11-18(21(23)15-19)12-14-20(16-7-3-1-4-8-16)17-9-5-2-6-10-17/h11,13,15-17,20H,1-10,12,14H2. The summed E-state index contributed by atoms with van der Waals surface area (Å²) in [5.41, 5.74) is 0.697. The van der Waals surface area contributed by atoms with Gasteiger partial charge in [0.2, 0.25) is 0 Å². The van der Waals surface area contributed by atoms with Crippen LogP contribution in [0.1, 0.15) is 76.2 Å². The van der Waals surface area contributed by atoms with Crippen molar-refractivity contribution in [1.29, 1.82) is 0 Å². The second-order valence-electron chi connectivity index (χ2n) is 7.73. The van der Waals surface area contributed by atoms with Crippen molar-refractivity contribution in [3.8, 4) is 0 Å². The van der Waals surface area contributed by atoms with Crippen LogP contribution in [0.3, 0.4) is 0 Å². The molecule has 2 aliphatic carbocycles. The van der Waals surface area contributed by atoms with Crippen molar-refractivity contribution >= 4 is 0 Å². The molecule has 0 atom stereocenters. The molecule has 0 saturated heterocycles. The first-order chi connectivity index (χ1) is 11.2. The highest BCUT2D eigenvalue weighted by Gasteiger charge is 2.31. The predicted octanol–water partition coefficient (Wildman–Crippen LogP) is 6.67. The van der Waals surface area contributed by atoms with E-state index in [4.69, 9.17) is 0 Å². The second-order valence-corrected chi connectivity index (χ2v) is 7.73. The van der Waals surface area contributed by atoms with Crippen LogP contribution in [-0.2, 0) is 6.42 Å². The normalized spacial score (nSPS) is 21.0.